The monoisotopic (exact) mass is 480 g/mol. The number of hydrogen-bond donors (Lipinski definition) is 3. The van der Waals surface area contributed by atoms with Gasteiger partial charge in [-0.2, -0.15) is 0 Å². The molecule has 3 N–H and O–H groups in total. The first kappa shape index (κ1) is 22.3. The van der Waals surface area contributed by atoms with Gasteiger partial charge >= 0.3 is 6.03 Å². The first-order chi connectivity index (χ1) is 16.4. The molecule has 0 aliphatic carbocycles. The Morgan fingerprint density at radius 1 is 1.26 bits per heavy atom. The zero-order valence-corrected chi connectivity index (χ0v) is 19.5. The van der Waals surface area contributed by atoms with E-state index < -0.39 is 12.1 Å². The van der Waals surface area contributed by atoms with Crippen LogP contribution in [0.15, 0.2) is 42.6 Å². The van der Waals surface area contributed by atoms with Crippen LogP contribution >= 0.6 is 11.3 Å². The number of benzene rings is 1. The normalized spacial score (nSPS) is 18.1. The van der Waals surface area contributed by atoms with Crippen molar-refractivity contribution in [3.8, 4) is 11.5 Å². The van der Waals surface area contributed by atoms with E-state index in [1.165, 1.54) is 16.2 Å². The van der Waals surface area contributed by atoms with Crippen LogP contribution in [0.4, 0.5) is 4.79 Å². The van der Waals surface area contributed by atoms with Gasteiger partial charge in [-0.05, 0) is 43.7 Å². The summed E-state index contributed by atoms with van der Waals surface area (Å²) < 4.78 is 8.50. The minimum absolute atomic E-state index is 0.191. The number of β-amino-alcohol motifs (C(OH)–C–C–N with tert-alkyl or cyclic N) is 1. The maximum Gasteiger partial charge on any atom is 0.325 e. The van der Waals surface area contributed by atoms with Gasteiger partial charge in [-0.1, -0.05) is 0 Å². The number of hydrogen-bond acceptors (Lipinski definition) is 7. The summed E-state index contributed by atoms with van der Waals surface area (Å²) >= 11 is 1.27. The maximum absolute atomic E-state index is 13.1. The highest BCUT2D eigenvalue weighted by molar-refractivity contribution is 7.21. The fourth-order valence-corrected chi connectivity index (χ4v) is 5.48. The van der Waals surface area contributed by atoms with Gasteiger partial charge < -0.3 is 25.2 Å². The van der Waals surface area contributed by atoms with Gasteiger partial charge in [-0.25, -0.2) is 4.79 Å². The van der Waals surface area contributed by atoms with E-state index in [0.717, 1.165) is 21.3 Å². The molecule has 2 atom stereocenters. The van der Waals surface area contributed by atoms with Crippen LogP contribution in [-0.4, -0.2) is 68.9 Å². The molecule has 2 amide bonds. The second-order valence-electron chi connectivity index (χ2n) is 8.32. The molecule has 1 fully saturated rings. The smallest absolute Gasteiger partial charge is 0.325 e. The highest BCUT2D eigenvalue weighted by Gasteiger charge is 2.35. The van der Waals surface area contributed by atoms with E-state index in [2.05, 4.69) is 10.3 Å². The minimum Gasteiger partial charge on any atom is -0.456 e. The van der Waals surface area contributed by atoms with Gasteiger partial charge in [-0.3, -0.25) is 14.3 Å². The third-order valence-electron chi connectivity index (χ3n) is 6.05. The Morgan fingerprint density at radius 3 is 2.85 bits per heavy atom. The van der Waals surface area contributed by atoms with E-state index in [1.807, 2.05) is 25.1 Å². The SMILES string of the molecule is CNC(=O)n1c(C)cc2cc(Oc3ccnc4cc(C(=O)N5CC(O)CC5CO)sc34)ccc21. The van der Waals surface area contributed by atoms with Gasteiger partial charge in [-0.15, -0.1) is 11.3 Å². The molecule has 2 unspecified atom stereocenters. The lowest BCUT2D eigenvalue weighted by atomic mass is 10.2. The number of amides is 2. The topological polar surface area (TPSA) is 117 Å². The summed E-state index contributed by atoms with van der Waals surface area (Å²) in [6.07, 6.45) is 1.35. The average Bonchev–Trinajstić information content (AvgIpc) is 3.52. The van der Waals surface area contributed by atoms with Crippen molar-refractivity contribution < 1.29 is 24.5 Å². The fraction of sp³-hybridized carbons (Fsp3) is 0.292. The molecule has 34 heavy (non-hydrogen) atoms. The summed E-state index contributed by atoms with van der Waals surface area (Å²) in [6, 6.07) is 10.3. The highest BCUT2D eigenvalue weighted by Crippen LogP contribution is 2.37. The number of aromatic nitrogens is 2. The summed E-state index contributed by atoms with van der Waals surface area (Å²) in [7, 11) is 1.59. The molecule has 4 heterocycles. The van der Waals surface area contributed by atoms with Crippen LogP contribution in [0.1, 0.15) is 21.8 Å². The molecule has 1 aliphatic heterocycles. The molecular weight excluding hydrogens is 456 g/mol. The number of pyridine rings is 1. The van der Waals surface area contributed by atoms with Crippen molar-refractivity contribution >= 4 is 44.4 Å². The number of nitrogens with one attached hydrogen (secondary N) is 1. The summed E-state index contributed by atoms with van der Waals surface area (Å²) in [5.74, 6) is 0.923. The second kappa shape index (κ2) is 8.71. The van der Waals surface area contributed by atoms with Crippen LogP contribution in [0.3, 0.4) is 0 Å². The average molecular weight is 481 g/mol. The van der Waals surface area contributed by atoms with E-state index in [1.54, 1.807) is 36.0 Å². The minimum atomic E-state index is -0.635. The molecular formula is C24H24N4O5S. The number of nitrogens with zero attached hydrogens (tertiary/aromatic N) is 3. The quantitative estimate of drug-likeness (QED) is 0.413. The summed E-state index contributed by atoms with van der Waals surface area (Å²) in [5.41, 5.74) is 2.22. The van der Waals surface area contributed by atoms with Crippen LogP contribution in [0.25, 0.3) is 21.1 Å². The number of thiophene rings is 1. The number of carbonyl (C=O) groups is 2. The first-order valence-electron chi connectivity index (χ1n) is 10.9. The second-order valence-corrected chi connectivity index (χ2v) is 9.37. The third kappa shape index (κ3) is 3.79. The van der Waals surface area contributed by atoms with Gasteiger partial charge in [0.2, 0.25) is 0 Å². The molecule has 1 aromatic carbocycles. The Labute approximate surface area is 199 Å². The molecule has 1 aliphatic rings. The number of carbonyl (C=O) groups excluding carboxylic acids is 2. The number of aliphatic hydroxyl groups is 2. The molecule has 176 valence electrons. The van der Waals surface area contributed by atoms with Gasteiger partial charge in [0, 0.05) is 36.9 Å². The molecule has 10 heteroatoms. The Bertz CT molecular complexity index is 1410. The summed E-state index contributed by atoms with van der Waals surface area (Å²) in [6.45, 7) is 1.88. The predicted molar refractivity (Wildman–Crippen MR) is 129 cm³/mol. The van der Waals surface area contributed by atoms with E-state index in [-0.39, 0.29) is 25.1 Å². The van der Waals surface area contributed by atoms with E-state index in [9.17, 15) is 19.8 Å². The lowest BCUT2D eigenvalue weighted by Gasteiger charge is -2.21. The van der Waals surface area contributed by atoms with Crippen molar-refractivity contribution in [2.75, 3.05) is 20.2 Å². The van der Waals surface area contributed by atoms with E-state index in [0.29, 0.717) is 28.3 Å². The van der Waals surface area contributed by atoms with Gasteiger partial charge in [0.25, 0.3) is 5.91 Å². The number of rotatable bonds is 4. The van der Waals surface area contributed by atoms with Gasteiger partial charge in [0.05, 0.1) is 39.4 Å². The lowest BCUT2D eigenvalue weighted by Crippen LogP contribution is -2.37. The fourth-order valence-electron chi connectivity index (χ4n) is 4.46. The number of fused-ring (bicyclic) bond motifs is 2. The van der Waals surface area contributed by atoms with Crippen molar-refractivity contribution in [1.82, 2.24) is 19.8 Å². The zero-order chi connectivity index (χ0) is 24.0. The van der Waals surface area contributed by atoms with Gasteiger partial charge in [0.15, 0.2) is 0 Å². The molecule has 5 rings (SSSR count). The van der Waals surface area contributed by atoms with Crippen LogP contribution in [0.2, 0.25) is 0 Å². The molecule has 4 aromatic rings. The third-order valence-corrected chi connectivity index (χ3v) is 7.18. The predicted octanol–water partition coefficient (Wildman–Crippen LogP) is 3.11. The summed E-state index contributed by atoms with van der Waals surface area (Å²) in [5, 5.41) is 23.0. The molecule has 3 aromatic heterocycles. The van der Waals surface area contributed by atoms with Crippen molar-refractivity contribution in [2.45, 2.75) is 25.5 Å². The Kier molecular flexibility index (Phi) is 5.72. The van der Waals surface area contributed by atoms with Crippen molar-refractivity contribution in [2.24, 2.45) is 0 Å². The van der Waals surface area contributed by atoms with Gasteiger partial charge in [0.1, 0.15) is 11.5 Å². The first-order valence-corrected chi connectivity index (χ1v) is 11.7. The van der Waals surface area contributed by atoms with Crippen LogP contribution in [0, 0.1) is 6.92 Å². The van der Waals surface area contributed by atoms with Crippen molar-refractivity contribution in [3.63, 3.8) is 0 Å². The summed E-state index contributed by atoms with van der Waals surface area (Å²) in [4.78, 5) is 31.6. The molecule has 9 nitrogen and oxygen atoms in total. The standard InChI is InChI=1S/C24H24N4O5S/c1-13-7-14-8-17(3-4-19(14)28(13)24(32)25-2)33-20-5-6-26-18-10-21(34-22(18)20)23(31)27-11-16(30)9-15(27)12-29/h3-8,10,15-16,29-30H,9,11-12H2,1-2H3,(H,25,32). The zero-order valence-electron chi connectivity index (χ0n) is 18.7. The van der Waals surface area contributed by atoms with E-state index in [4.69, 9.17) is 4.74 Å². The molecule has 0 saturated carbocycles. The van der Waals surface area contributed by atoms with Crippen molar-refractivity contribution in [1.29, 1.82) is 0 Å². The Balaban J connectivity index is 1.46. The number of aryl methyl sites for hydroxylation is 1. The van der Waals surface area contributed by atoms with Crippen LogP contribution < -0.4 is 10.1 Å². The van der Waals surface area contributed by atoms with Crippen molar-refractivity contribution in [3.05, 3.63) is 53.2 Å². The molecule has 0 spiro atoms. The highest BCUT2D eigenvalue weighted by atomic mass is 32.1. The van der Waals surface area contributed by atoms with Crippen LogP contribution in [0.5, 0.6) is 11.5 Å². The Hall–Kier alpha value is -3.47. The molecule has 1 saturated heterocycles. The molecule has 0 radical (unpaired) electrons. The molecule has 0 bridgehead atoms. The van der Waals surface area contributed by atoms with E-state index >= 15 is 0 Å². The van der Waals surface area contributed by atoms with Crippen LogP contribution in [-0.2, 0) is 0 Å². The lowest BCUT2D eigenvalue weighted by molar-refractivity contribution is 0.0670. The largest absolute Gasteiger partial charge is 0.456 e. The number of likely N-dealkylation sites (tertiary alicyclic amines) is 1. The Morgan fingerprint density at radius 2 is 2.09 bits per heavy atom. The number of aliphatic hydroxyl groups excluding tert-OH is 2. The number of ether oxygens (including phenoxy) is 1. The maximum atomic E-state index is 13.1.